The Balaban J connectivity index is 4.31. The van der Waals surface area contributed by atoms with E-state index in [4.69, 9.17) is 18.5 Å². The standard InChI is InChI=1S/C50H92NO8P/c1-6-8-10-12-14-16-18-20-22-24-25-27-29-31-33-35-37-39-41-43-50(53)59-48(47-58-60(54,55)57-45-44-51(3,4)5)46-56-49(52)42-40-38-36-34-32-30-28-26-23-21-19-17-15-13-11-9-7-2/h14-17,20-23,48H,6-13,18-19,24-47H2,1-5H3/b16-14-,17-15-,22-20-,23-21-. The van der Waals surface area contributed by atoms with Crippen LogP contribution in [0.25, 0.3) is 0 Å². The Morgan fingerprint density at radius 1 is 0.517 bits per heavy atom. The minimum atomic E-state index is -4.63. The molecular weight excluding hydrogens is 774 g/mol. The van der Waals surface area contributed by atoms with E-state index in [9.17, 15) is 19.0 Å². The molecule has 2 unspecified atom stereocenters. The second-order valence-electron chi connectivity index (χ2n) is 17.5. The van der Waals surface area contributed by atoms with Gasteiger partial charge < -0.3 is 27.9 Å². The first-order valence-electron chi connectivity index (χ1n) is 24.3. The number of carbonyl (C=O) groups is 2. The van der Waals surface area contributed by atoms with Crippen molar-refractivity contribution in [1.29, 1.82) is 0 Å². The van der Waals surface area contributed by atoms with E-state index in [-0.39, 0.29) is 26.1 Å². The molecule has 0 N–H and O–H groups in total. The number of phosphoric ester groups is 1. The average molecular weight is 866 g/mol. The summed E-state index contributed by atoms with van der Waals surface area (Å²) >= 11 is 0. The van der Waals surface area contributed by atoms with Gasteiger partial charge in [-0.15, -0.1) is 0 Å². The summed E-state index contributed by atoms with van der Waals surface area (Å²) in [6, 6.07) is 0. The van der Waals surface area contributed by atoms with E-state index in [1.54, 1.807) is 0 Å². The minimum absolute atomic E-state index is 0.0341. The molecule has 0 aromatic heterocycles. The Labute approximate surface area is 369 Å². The molecule has 10 heteroatoms. The van der Waals surface area contributed by atoms with Crippen LogP contribution in [0.3, 0.4) is 0 Å². The molecule has 0 aromatic carbocycles. The molecule has 0 aliphatic rings. The van der Waals surface area contributed by atoms with E-state index in [1.807, 2.05) is 21.1 Å². The summed E-state index contributed by atoms with van der Waals surface area (Å²) < 4.78 is 34.0. The second-order valence-corrected chi connectivity index (χ2v) is 18.9. The van der Waals surface area contributed by atoms with E-state index >= 15 is 0 Å². The largest absolute Gasteiger partial charge is 0.756 e. The van der Waals surface area contributed by atoms with Gasteiger partial charge in [-0.2, -0.15) is 0 Å². The fourth-order valence-corrected chi connectivity index (χ4v) is 7.21. The molecule has 0 radical (unpaired) electrons. The van der Waals surface area contributed by atoms with Crippen LogP contribution in [0.5, 0.6) is 0 Å². The number of allylic oxidation sites excluding steroid dienone is 8. The van der Waals surface area contributed by atoms with Gasteiger partial charge in [0.05, 0.1) is 27.7 Å². The Bertz CT molecular complexity index is 1160. The van der Waals surface area contributed by atoms with Crippen LogP contribution in [0.2, 0.25) is 0 Å². The van der Waals surface area contributed by atoms with Gasteiger partial charge in [-0.25, -0.2) is 0 Å². The van der Waals surface area contributed by atoms with Gasteiger partial charge in [0, 0.05) is 12.8 Å². The fourth-order valence-electron chi connectivity index (χ4n) is 6.48. The summed E-state index contributed by atoms with van der Waals surface area (Å²) in [5.74, 6) is -0.846. The van der Waals surface area contributed by atoms with Crippen molar-refractivity contribution in [1.82, 2.24) is 0 Å². The molecule has 0 fully saturated rings. The molecule has 0 aromatic rings. The van der Waals surface area contributed by atoms with Crippen LogP contribution in [-0.2, 0) is 32.7 Å². The summed E-state index contributed by atoms with van der Waals surface area (Å²) in [6.45, 7) is 4.17. The molecule has 0 saturated heterocycles. The molecule has 350 valence electrons. The summed E-state index contributed by atoms with van der Waals surface area (Å²) in [6.07, 6.45) is 49.8. The maximum atomic E-state index is 12.7. The lowest BCUT2D eigenvalue weighted by Crippen LogP contribution is -2.37. The Morgan fingerprint density at radius 2 is 0.900 bits per heavy atom. The number of hydrogen-bond donors (Lipinski definition) is 0. The smallest absolute Gasteiger partial charge is 0.306 e. The quantitative estimate of drug-likeness (QED) is 0.0196. The van der Waals surface area contributed by atoms with Gasteiger partial charge in [0.2, 0.25) is 0 Å². The molecule has 0 aliphatic heterocycles. The Morgan fingerprint density at radius 3 is 1.32 bits per heavy atom. The van der Waals surface area contributed by atoms with Gasteiger partial charge in [0.15, 0.2) is 6.10 Å². The van der Waals surface area contributed by atoms with E-state index in [2.05, 4.69) is 62.5 Å². The molecule has 2 atom stereocenters. The zero-order valence-electron chi connectivity index (χ0n) is 39.4. The van der Waals surface area contributed by atoms with Crippen LogP contribution in [0.4, 0.5) is 0 Å². The van der Waals surface area contributed by atoms with Crippen LogP contribution in [0.1, 0.15) is 206 Å². The molecule has 0 bridgehead atoms. The lowest BCUT2D eigenvalue weighted by molar-refractivity contribution is -0.870. The van der Waals surface area contributed by atoms with Crippen molar-refractivity contribution in [3.05, 3.63) is 48.6 Å². The number of quaternary nitrogens is 1. The van der Waals surface area contributed by atoms with Crippen LogP contribution >= 0.6 is 7.82 Å². The highest BCUT2D eigenvalue weighted by molar-refractivity contribution is 7.45. The Hall–Kier alpha value is -2.03. The van der Waals surface area contributed by atoms with Crippen molar-refractivity contribution in [3.8, 4) is 0 Å². The van der Waals surface area contributed by atoms with Crippen molar-refractivity contribution in [2.75, 3.05) is 47.5 Å². The lowest BCUT2D eigenvalue weighted by atomic mass is 10.1. The molecule has 0 saturated carbocycles. The number of esters is 2. The van der Waals surface area contributed by atoms with Gasteiger partial charge >= 0.3 is 11.9 Å². The van der Waals surface area contributed by atoms with E-state index < -0.39 is 32.5 Å². The monoisotopic (exact) mass is 866 g/mol. The number of nitrogens with zero attached hydrogens (tertiary/aromatic N) is 1. The van der Waals surface area contributed by atoms with E-state index in [0.29, 0.717) is 17.4 Å². The highest BCUT2D eigenvalue weighted by Gasteiger charge is 2.21. The highest BCUT2D eigenvalue weighted by atomic mass is 31.2. The maximum absolute atomic E-state index is 12.7. The normalized spacial score (nSPS) is 13.9. The summed E-state index contributed by atoms with van der Waals surface area (Å²) in [7, 11) is 1.16. The van der Waals surface area contributed by atoms with Crippen LogP contribution in [-0.4, -0.2) is 70.0 Å². The lowest BCUT2D eigenvalue weighted by Gasteiger charge is -2.28. The predicted molar refractivity (Wildman–Crippen MR) is 250 cm³/mol. The van der Waals surface area contributed by atoms with Crippen LogP contribution < -0.4 is 4.89 Å². The third-order valence-electron chi connectivity index (χ3n) is 10.3. The molecule has 0 rings (SSSR count). The van der Waals surface area contributed by atoms with Crippen LogP contribution in [0, 0.1) is 0 Å². The first kappa shape index (κ1) is 58.0. The molecular formula is C50H92NO8P. The number of carbonyl (C=O) groups excluding carboxylic acids is 2. The first-order chi connectivity index (χ1) is 29.0. The highest BCUT2D eigenvalue weighted by Crippen LogP contribution is 2.38. The minimum Gasteiger partial charge on any atom is -0.756 e. The molecule has 9 nitrogen and oxygen atoms in total. The fraction of sp³-hybridized carbons (Fsp3) is 0.800. The van der Waals surface area contributed by atoms with Crippen molar-refractivity contribution in [2.24, 2.45) is 0 Å². The number of likely N-dealkylation sites (N-methyl/N-ethyl adjacent to an activating group) is 1. The molecule has 60 heavy (non-hydrogen) atoms. The SMILES string of the molecule is CCCCC/C=C\C/C=C\CCCCCCCCCCCC(=O)OC(COC(=O)CCCCCCCCC/C=C\C/C=C\CCCCC)COP(=O)([O-])OCC[N+](C)(C)C. The predicted octanol–water partition coefficient (Wildman–Crippen LogP) is 13.6. The van der Waals surface area contributed by atoms with Crippen molar-refractivity contribution in [2.45, 2.75) is 213 Å². The van der Waals surface area contributed by atoms with Gasteiger partial charge in [0.25, 0.3) is 7.82 Å². The van der Waals surface area contributed by atoms with Crippen molar-refractivity contribution >= 4 is 19.8 Å². The summed E-state index contributed by atoms with van der Waals surface area (Å²) in [5.41, 5.74) is 0. The topological polar surface area (TPSA) is 111 Å². The third kappa shape index (κ3) is 45.5. The van der Waals surface area contributed by atoms with Crippen molar-refractivity contribution < 1.29 is 42.1 Å². The summed E-state index contributed by atoms with van der Waals surface area (Å²) in [4.78, 5) is 37.7. The van der Waals surface area contributed by atoms with E-state index in [1.165, 1.54) is 103 Å². The van der Waals surface area contributed by atoms with Crippen LogP contribution in [0.15, 0.2) is 48.6 Å². The number of phosphoric acid groups is 1. The van der Waals surface area contributed by atoms with Gasteiger partial charge in [-0.3, -0.25) is 14.2 Å². The van der Waals surface area contributed by atoms with E-state index in [0.717, 1.165) is 70.6 Å². The number of rotatable bonds is 44. The van der Waals surface area contributed by atoms with Gasteiger partial charge in [0.1, 0.15) is 19.8 Å². The second kappa shape index (κ2) is 42.3. The Kier molecular flexibility index (Phi) is 40.8. The number of ether oxygens (including phenoxy) is 2. The molecule has 0 heterocycles. The average Bonchev–Trinajstić information content (AvgIpc) is 3.20. The molecule has 0 amide bonds. The van der Waals surface area contributed by atoms with Gasteiger partial charge in [-0.1, -0.05) is 165 Å². The third-order valence-corrected chi connectivity index (χ3v) is 11.3. The summed E-state index contributed by atoms with van der Waals surface area (Å²) in [5, 5.41) is 0. The van der Waals surface area contributed by atoms with Gasteiger partial charge in [-0.05, 0) is 77.0 Å². The maximum Gasteiger partial charge on any atom is 0.306 e. The zero-order valence-corrected chi connectivity index (χ0v) is 40.3. The molecule has 0 aliphatic carbocycles. The number of unbranched alkanes of at least 4 members (excludes halogenated alkanes) is 22. The first-order valence-corrected chi connectivity index (χ1v) is 25.8. The zero-order chi connectivity index (χ0) is 44.3. The molecule has 0 spiro atoms. The number of hydrogen-bond acceptors (Lipinski definition) is 8. The van der Waals surface area contributed by atoms with Crippen molar-refractivity contribution in [3.63, 3.8) is 0 Å².